The monoisotopic (exact) mass is 358 g/mol. The van der Waals surface area contributed by atoms with Crippen LogP contribution >= 0.6 is 0 Å². The van der Waals surface area contributed by atoms with E-state index in [9.17, 15) is 4.79 Å². The molecule has 0 unspecified atom stereocenters. The first-order valence-corrected chi connectivity index (χ1v) is 8.54. The lowest BCUT2D eigenvalue weighted by Crippen LogP contribution is -2.27. The zero-order valence-corrected chi connectivity index (χ0v) is 15.9. The third-order valence-electron chi connectivity index (χ3n) is 3.65. The summed E-state index contributed by atoms with van der Waals surface area (Å²) < 4.78 is 10.5. The minimum atomic E-state index is -0.220. The molecule has 1 amide bonds. The Balaban J connectivity index is 1.97. The van der Waals surface area contributed by atoms with Gasteiger partial charge in [0.25, 0.3) is 5.91 Å². The van der Waals surface area contributed by atoms with Gasteiger partial charge in [-0.3, -0.25) is 4.79 Å². The number of nitrogens with one attached hydrogen (secondary N) is 2. The fourth-order valence-electron chi connectivity index (χ4n) is 2.50. The Kier molecular flexibility index (Phi) is 6.77. The van der Waals surface area contributed by atoms with Crippen molar-refractivity contribution in [1.82, 2.24) is 15.3 Å². The molecule has 0 aliphatic carbocycles. The first-order valence-electron chi connectivity index (χ1n) is 8.54. The molecule has 1 heterocycles. The van der Waals surface area contributed by atoms with E-state index in [1.54, 1.807) is 27.2 Å². The average Bonchev–Trinajstić information content (AvgIpc) is 2.60. The molecule has 7 heteroatoms. The van der Waals surface area contributed by atoms with Crippen LogP contribution in [0.25, 0.3) is 0 Å². The number of anilines is 1. The van der Waals surface area contributed by atoms with Gasteiger partial charge in [-0.25, -0.2) is 9.97 Å². The smallest absolute Gasteiger partial charge is 0.270 e. The predicted molar refractivity (Wildman–Crippen MR) is 101 cm³/mol. The molecule has 1 aromatic carbocycles. The Morgan fingerprint density at radius 2 is 1.85 bits per heavy atom. The molecule has 0 saturated heterocycles. The van der Waals surface area contributed by atoms with Crippen LogP contribution in [-0.4, -0.2) is 42.7 Å². The van der Waals surface area contributed by atoms with Gasteiger partial charge in [0, 0.05) is 18.7 Å². The summed E-state index contributed by atoms with van der Waals surface area (Å²) in [6, 6.07) is 7.61. The van der Waals surface area contributed by atoms with Crippen LogP contribution in [0.5, 0.6) is 11.5 Å². The van der Waals surface area contributed by atoms with Gasteiger partial charge in [-0.2, -0.15) is 0 Å². The van der Waals surface area contributed by atoms with Gasteiger partial charge in [0.05, 0.1) is 14.2 Å². The second kappa shape index (κ2) is 9.03. The molecule has 0 fully saturated rings. The molecule has 2 aromatic rings. The Hall–Kier alpha value is -2.83. The zero-order valence-electron chi connectivity index (χ0n) is 15.9. The predicted octanol–water partition coefficient (Wildman–Crippen LogP) is 2.60. The normalized spacial score (nSPS) is 10.5. The van der Waals surface area contributed by atoms with Crippen molar-refractivity contribution in [3.63, 3.8) is 0 Å². The maximum Gasteiger partial charge on any atom is 0.270 e. The van der Waals surface area contributed by atoms with Gasteiger partial charge in [-0.05, 0) is 44.9 Å². The minimum Gasteiger partial charge on any atom is -0.493 e. The van der Waals surface area contributed by atoms with Crippen molar-refractivity contribution in [3.05, 3.63) is 41.3 Å². The fraction of sp³-hybridized carbons (Fsp3) is 0.421. The maximum absolute atomic E-state index is 12.4. The SMILES string of the molecule is COc1ccc(CCNC(=O)c2cc(NC(C)C)nc(C)n2)cc1OC. The highest BCUT2D eigenvalue weighted by Crippen LogP contribution is 2.27. The van der Waals surface area contributed by atoms with E-state index >= 15 is 0 Å². The van der Waals surface area contributed by atoms with Gasteiger partial charge in [-0.15, -0.1) is 0 Å². The molecule has 0 aliphatic heterocycles. The summed E-state index contributed by atoms with van der Waals surface area (Å²) in [5.74, 6) is 2.34. The van der Waals surface area contributed by atoms with E-state index in [4.69, 9.17) is 9.47 Å². The number of nitrogens with zero attached hydrogens (tertiary/aromatic N) is 2. The average molecular weight is 358 g/mol. The number of rotatable bonds is 8. The van der Waals surface area contributed by atoms with Crippen LogP contribution in [0.1, 0.15) is 35.7 Å². The summed E-state index contributed by atoms with van der Waals surface area (Å²) in [6.45, 7) is 6.29. The molecule has 2 rings (SSSR count). The van der Waals surface area contributed by atoms with Gasteiger partial charge in [0.15, 0.2) is 11.5 Å². The van der Waals surface area contributed by atoms with Gasteiger partial charge in [0.1, 0.15) is 17.3 Å². The topological polar surface area (TPSA) is 85.4 Å². The number of aryl methyl sites for hydroxylation is 1. The maximum atomic E-state index is 12.4. The number of hydrogen-bond acceptors (Lipinski definition) is 6. The molecule has 0 saturated carbocycles. The van der Waals surface area contributed by atoms with Crippen molar-refractivity contribution < 1.29 is 14.3 Å². The van der Waals surface area contributed by atoms with Gasteiger partial charge < -0.3 is 20.1 Å². The fourth-order valence-corrected chi connectivity index (χ4v) is 2.50. The zero-order chi connectivity index (χ0) is 19.1. The molecular weight excluding hydrogens is 332 g/mol. The Bertz CT molecular complexity index is 762. The van der Waals surface area contributed by atoms with E-state index in [2.05, 4.69) is 20.6 Å². The highest BCUT2D eigenvalue weighted by atomic mass is 16.5. The first kappa shape index (κ1) is 19.5. The molecule has 2 N–H and O–H groups in total. The number of carbonyl (C=O) groups excluding carboxylic acids is 1. The Morgan fingerprint density at radius 1 is 1.12 bits per heavy atom. The molecule has 7 nitrogen and oxygen atoms in total. The van der Waals surface area contributed by atoms with Crippen molar-refractivity contribution >= 4 is 11.7 Å². The van der Waals surface area contributed by atoms with Crippen molar-refractivity contribution in [2.45, 2.75) is 33.2 Å². The van der Waals surface area contributed by atoms with Crippen molar-refractivity contribution in [3.8, 4) is 11.5 Å². The van der Waals surface area contributed by atoms with E-state index in [1.165, 1.54) is 0 Å². The standard InChI is InChI=1S/C19H26N4O3/c1-12(2)21-18-11-15(22-13(3)23-18)19(24)20-9-8-14-6-7-16(25-4)17(10-14)26-5/h6-7,10-12H,8-9H2,1-5H3,(H,20,24)(H,21,22,23). The Morgan fingerprint density at radius 3 is 2.50 bits per heavy atom. The van der Waals surface area contributed by atoms with Crippen LogP contribution < -0.4 is 20.1 Å². The molecule has 140 valence electrons. The van der Waals surface area contributed by atoms with Gasteiger partial charge in [0.2, 0.25) is 0 Å². The lowest BCUT2D eigenvalue weighted by molar-refractivity contribution is 0.0948. The second-order valence-corrected chi connectivity index (χ2v) is 6.18. The van der Waals surface area contributed by atoms with Crippen molar-refractivity contribution in [2.24, 2.45) is 0 Å². The number of carbonyl (C=O) groups is 1. The molecule has 1 aromatic heterocycles. The lowest BCUT2D eigenvalue weighted by Gasteiger charge is -2.12. The summed E-state index contributed by atoms with van der Waals surface area (Å²) in [7, 11) is 3.20. The molecule has 0 spiro atoms. The van der Waals surface area contributed by atoms with Crippen LogP contribution in [0.15, 0.2) is 24.3 Å². The van der Waals surface area contributed by atoms with Crippen LogP contribution in [0.2, 0.25) is 0 Å². The summed E-state index contributed by atoms with van der Waals surface area (Å²) >= 11 is 0. The Labute approximate surface area is 154 Å². The number of methoxy groups -OCH3 is 2. The van der Waals surface area contributed by atoms with Gasteiger partial charge in [-0.1, -0.05) is 6.07 Å². The molecule has 0 aliphatic rings. The summed E-state index contributed by atoms with van der Waals surface area (Å²) in [5, 5.41) is 6.08. The van der Waals surface area contributed by atoms with Gasteiger partial charge >= 0.3 is 0 Å². The largest absolute Gasteiger partial charge is 0.493 e. The highest BCUT2D eigenvalue weighted by Gasteiger charge is 2.11. The van der Waals surface area contributed by atoms with Crippen LogP contribution in [0.4, 0.5) is 5.82 Å². The van der Waals surface area contributed by atoms with Crippen LogP contribution in [-0.2, 0) is 6.42 Å². The highest BCUT2D eigenvalue weighted by molar-refractivity contribution is 5.92. The number of benzene rings is 1. The molecule has 0 radical (unpaired) electrons. The number of amides is 1. The van der Waals surface area contributed by atoms with Crippen molar-refractivity contribution in [1.29, 1.82) is 0 Å². The molecule has 0 bridgehead atoms. The third kappa shape index (κ3) is 5.34. The molecule has 26 heavy (non-hydrogen) atoms. The van der Waals surface area contributed by atoms with E-state index in [1.807, 2.05) is 32.0 Å². The van der Waals surface area contributed by atoms with Crippen LogP contribution in [0.3, 0.4) is 0 Å². The van der Waals surface area contributed by atoms with E-state index in [-0.39, 0.29) is 11.9 Å². The van der Waals surface area contributed by atoms with E-state index in [0.29, 0.717) is 41.8 Å². The van der Waals surface area contributed by atoms with E-state index in [0.717, 1.165) is 5.56 Å². The second-order valence-electron chi connectivity index (χ2n) is 6.18. The van der Waals surface area contributed by atoms with E-state index < -0.39 is 0 Å². The summed E-state index contributed by atoms with van der Waals surface area (Å²) in [6.07, 6.45) is 0.674. The molecular formula is C19H26N4O3. The lowest BCUT2D eigenvalue weighted by atomic mass is 10.1. The summed E-state index contributed by atoms with van der Waals surface area (Å²) in [5.41, 5.74) is 1.40. The quantitative estimate of drug-likeness (QED) is 0.754. The van der Waals surface area contributed by atoms with Crippen molar-refractivity contribution in [2.75, 3.05) is 26.1 Å². The number of hydrogen-bond donors (Lipinski definition) is 2. The van der Waals surface area contributed by atoms with Crippen LogP contribution in [0, 0.1) is 6.92 Å². The number of aromatic nitrogens is 2. The first-order chi connectivity index (χ1) is 12.4. The summed E-state index contributed by atoms with van der Waals surface area (Å²) in [4.78, 5) is 20.9. The number of ether oxygens (including phenoxy) is 2. The molecule has 0 atom stereocenters. The third-order valence-corrected chi connectivity index (χ3v) is 3.65. The minimum absolute atomic E-state index is 0.220.